The fourth-order valence-corrected chi connectivity index (χ4v) is 1.85. The van der Waals surface area contributed by atoms with Crippen molar-refractivity contribution < 1.29 is 13.7 Å². The third kappa shape index (κ3) is 3.03. The zero-order valence-corrected chi connectivity index (χ0v) is 11.9. The third-order valence-electron chi connectivity index (χ3n) is 2.65. The van der Waals surface area contributed by atoms with E-state index in [9.17, 15) is 0 Å². The van der Waals surface area contributed by atoms with E-state index in [-0.39, 0.29) is 12.7 Å². The molecule has 7 nitrogen and oxygen atoms in total. The van der Waals surface area contributed by atoms with Gasteiger partial charge in [0.25, 0.3) is 5.89 Å². The molecule has 0 atom stereocenters. The second-order valence-corrected chi connectivity index (χ2v) is 4.50. The maximum atomic E-state index is 6.06. The largest absolute Gasteiger partial charge is 0.439 e. The molecule has 2 heterocycles. The fourth-order valence-electron chi connectivity index (χ4n) is 1.63. The highest BCUT2D eigenvalue weighted by Crippen LogP contribution is 2.26. The predicted octanol–water partition coefficient (Wildman–Crippen LogP) is 2.91. The topological polar surface area (TPSA) is 87.1 Å². The quantitative estimate of drug-likeness (QED) is 0.716. The smallest absolute Gasteiger partial charge is 0.418 e. The number of rotatable bonds is 5. The minimum absolute atomic E-state index is 0.0150. The second-order valence-electron chi connectivity index (χ2n) is 4.10. The Balaban J connectivity index is 1.69. The average Bonchev–Trinajstić information content (AvgIpc) is 3.14. The van der Waals surface area contributed by atoms with E-state index in [1.807, 2.05) is 19.1 Å². The summed E-state index contributed by atoms with van der Waals surface area (Å²) < 4.78 is 15.6. The molecule has 0 bridgehead atoms. The highest BCUT2D eigenvalue weighted by molar-refractivity contribution is 6.33. The van der Waals surface area contributed by atoms with Crippen LogP contribution in [0.15, 0.2) is 33.2 Å². The van der Waals surface area contributed by atoms with Gasteiger partial charge in [-0.2, -0.15) is 4.98 Å². The lowest BCUT2D eigenvalue weighted by atomic mass is 10.2. The highest BCUT2D eigenvalue weighted by atomic mass is 35.5. The van der Waals surface area contributed by atoms with Gasteiger partial charge in [0.05, 0.1) is 5.02 Å². The fraction of sp³-hybridized carbons (Fsp3) is 0.231. The Hall–Kier alpha value is -2.41. The van der Waals surface area contributed by atoms with Crippen LogP contribution >= 0.6 is 11.6 Å². The first-order chi connectivity index (χ1) is 10.3. The van der Waals surface area contributed by atoms with Crippen molar-refractivity contribution in [3.05, 3.63) is 41.1 Å². The van der Waals surface area contributed by atoms with Gasteiger partial charge in [0, 0.05) is 12.0 Å². The van der Waals surface area contributed by atoms with Gasteiger partial charge in [0.1, 0.15) is 0 Å². The zero-order valence-electron chi connectivity index (χ0n) is 11.1. The number of nitrogens with zero attached hydrogens (tertiary/aromatic N) is 4. The van der Waals surface area contributed by atoms with Crippen LogP contribution in [0.4, 0.5) is 0 Å². The molecule has 0 saturated carbocycles. The van der Waals surface area contributed by atoms with Crippen molar-refractivity contribution in [2.75, 3.05) is 0 Å². The molecule has 8 heteroatoms. The number of aromatic nitrogens is 4. The molecule has 0 saturated heterocycles. The lowest BCUT2D eigenvalue weighted by Gasteiger charge is -1.96. The van der Waals surface area contributed by atoms with Crippen molar-refractivity contribution in [1.29, 1.82) is 0 Å². The molecule has 0 aliphatic rings. The van der Waals surface area contributed by atoms with E-state index in [2.05, 4.69) is 20.3 Å². The zero-order chi connectivity index (χ0) is 14.7. The Morgan fingerprint density at radius 3 is 2.76 bits per heavy atom. The van der Waals surface area contributed by atoms with Crippen molar-refractivity contribution in [2.24, 2.45) is 0 Å². The van der Waals surface area contributed by atoms with Crippen LogP contribution in [-0.4, -0.2) is 20.3 Å². The van der Waals surface area contributed by atoms with E-state index in [1.165, 1.54) is 0 Å². The molecule has 0 radical (unpaired) electrons. The maximum Gasteiger partial charge on any atom is 0.418 e. The van der Waals surface area contributed by atoms with E-state index >= 15 is 0 Å². The summed E-state index contributed by atoms with van der Waals surface area (Å²) in [5.41, 5.74) is 0.670. The molecule has 0 unspecified atom stereocenters. The van der Waals surface area contributed by atoms with Crippen LogP contribution in [0.3, 0.4) is 0 Å². The van der Waals surface area contributed by atoms with Gasteiger partial charge in [-0.25, -0.2) is 0 Å². The Bertz CT molecular complexity index is 740. The first kappa shape index (κ1) is 13.6. The number of hydrogen-bond donors (Lipinski definition) is 0. The predicted molar refractivity (Wildman–Crippen MR) is 72.8 cm³/mol. The van der Waals surface area contributed by atoms with Crippen LogP contribution in [0, 0.1) is 0 Å². The Morgan fingerprint density at radius 1 is 1.19 bits per heavy atom. The molecular formula is C13H11ClN4O3. The number of hydrogen-bond acceptors (Lipinski definition) is 7. The van der Waals surface area contributed by atoms with Crippen LogP contribution in [0.5, 0.6) is 6.08 Å². The molecule has 1 aromatic carbocycles. The molecule has 0 N–H and O–H groups in total. The van der Waals surface area contributed by atoms with Gasteiger partial charge >= 0.3 is 6.08 Å². The van der Waals surface area contributed by atoms with Gasteiger partial charge in [-0.15, -0.1) is 10.2 Å². The van der Waals surface area contributed by atoms with Crippen LogP contribution in [0.2, 0.25) is 5.02 Å². The van der Waals surface area contributed by atoms with E-state index in [0.717, 1.165) is 0 Å². The summed E-state index contributed by atoms with van der Waals surface area (Å²) in [6, 6.07) is 7.20. The molecule has 3 aromatic rings. The molecule has 0 spiro atoms. The van der Waals surface area contributed by atoms with E-state index in [1.54, 1.807) is 12.1 Å². The summed E-state index contributed by atoms with van der Waals surface area (Å²) in [5.74, 6) is 1.26. The summed E-state index contributed by atoms with van der Waals surface area (Å²) in [6.45, 7) is 1.99. The molecule has 3 rings (SSSR count). The van der Waals surface area contributed by atoms with Crippen LogP contribution in [0.25, 0.3) is 11.4 Å². The first-order valence-electron chi connectivity index (χ1n) is 6.29. The van der Waals surface area contributed by atoms with Gasteiger partial charge in [-0.1, -0.05) is 35.8 Å². The van der Waals surface area contributed by atoms with E-state index in [4.69, 9.17) is 25.3 Å². The summed E-state index contributed by atoms with van der Waals surface area (Å²) >= 11 is 6.06. The Kier molecular flexibility index (Phi) is 3.83. The van der Waals surface area contributed by atoms with Gasteiger partial charge in [0.2, 0.25) is 11.7 Å². The minimum Gasteiger partial charge on any atom is -0.439 e. The number of halogens is 1. The van der Waals surface area contributed by atoms with E-state index < -0.39 is 0 Å². The van der Waals surface area contributed by atoms with Crippen LogP contribution < -0.4 is 4.74 Å². The first-order valence-corrected chi connectivity index (χ1v) is 6.66. The van der Waals surface area contributed by atoms with Gasteiger partial charge in [-0.3, -0.25) is 4.52 Å². The molecule has 2 aromatic heterocycles. The summed E-state index contributed by atoms with van der Waals surface area (Å²) in [6.07, 6.45) is 0.686. The molecule has 0 amide bonds. The lowest BCUT2D eigenvalue weighted by molar-refractivity contribution is 0.175. The number of benzene rings is 1. The van der Waals surface area contributed by atoms with Crippen molar-refractivity contribution in [3.63, 3.8) is 0 Å². The highest BCUT2D eigenvalue weighted by Gasteiger charge is 2.13. The molecule has 0 aliphatic heterocycles. The molecule has 0 aliphatic carbocycles. The Morgan fingerprint density at radius 2 is 2.00 bits per heavy atom. The van der Waals surface area contributed by atoms with Gasteiger partial charge in [0.15, 0.2) is 6.61 Å². The standard InChI is InChI=1S/C13H11ClN4O3/c1-2-10-16-17-11(20-10)7-19-13-15-12(18-21-13)8-5-3-4-6-9(8)14/h3-6H,2,7H2,1H3. The second kappa shape index (κ2) is 5.92. The van der Waals surface area contributed by atoms with Crippen molar-refractivity contribution in [3.8, 4) is 17.5 Å². The van der Waals surface area contributed by atoms with Gasteiger partial charge in [-0.05, 0) is 12.1 Å². The van der Waals surface area contributed by atoms with Crippen LogP contribution in [-0.2, 0) is 13.0 Å². The number of aryl methyl sites for hydroxylation is 1. The molecule has 108 valence electrons. The van der Waals surface area contributed by atoms with Crippen molar-refractivity contribution >= 4 is 11.6 Å². The third-order valence-corrected chi connectivity index (χ3v) is 2.98. The molecular weight excluding hydrogens is 296 g/mol. The van der Waals surface area contributed by atoms with Crippen molar-refractivity contribution in [2.45, 2.75) is 20.0 Å². The SMILES string of the molecule is CCc1nnc(COc2nc(-c3ccccc3Cl)no2)o1. The monoisotopic (exact) mass is 306 g/mol. The van der Waals surface area contributed by atoms with Crippen LogP contribution in [0.1, 0.15) is 18.7 Å². The lowest BCUT2D eigenvalue weighted by Crippen LogP contribution is -1.95. The molecule has 21 heavy (non-hydrogen) atoms. The summed E-state index contributed by atoms with van der Waals surface area (Å²) in [7, 11) is 0. The van der Waals surface area contributed by atoms with E-state index in [0.29, 0.717) is 34.6 Å². The number of ether oxygens (including phenoxy) is 1. The summed E-state index contributed by atoms with van der Waals surface area (Å²) in [4.78, 5) is 4.11. The van der Waals surface area contributed by atoms with Crippen molar-refractivity contribution in [1.82, 2.24) is 20.3 Å². The average molecular weight is 307 g/mol. The van der Waals surface area contributed by atoms with Gasteiger partial charge < -0.3 is 9.15 Å². The maximum absolute atomic E-state index is 6.06. The minimum atomic E-state index is 0.0150. The molecule has 0 fully saturated rings. The summed E-state index contributed by atoms with van der Waals surface area (Å²) in [5, 5.41) is 12.0. The normalized spacial score (nSPS) is 10.8. The Labute approximate surface area is 124 Å².